The highest BCUT2D eigenvalue weighted by Crippen LogP contribution is 2.27. The van der Waals surface area contributed by atoms with Crippen LogP contribution >= 0.6 is 0 Å². The number of aliphatic hydroxyl groups excluding tert-OH is 1. The third-order valence-corrected chi connectivity index (χ3v) is 7.56. The van der Waals surface area contributed by atoms with Gasteiger partial charge in [0.2, 0.25) is 0 Å². The molecule has 1 saturated heterocycles. The fourth-order valence-corrected chi connectivity index (χ4v) is 5.33. The van der Waals surface area contributed by atoms with Gasteiger partial charge in [0.25, 0.3) is 5.91 Å². The second-order valence-corrected chi connectivity index (χ2v) is 10.9. The Kier molecular flexibility index (Phi) is 10.7. The number of aliphatic imine (C=N–C) groups is 1. The van der Waals surface area contributed by atoms with E-state index in [1.54, 1.807) is 12.1 Å². The van der Waals surface area contributed by atoms with Crippen molar-refractivity contribution in [1.29, 1.82) is 0 Å². The van der Waals surface area contributed by atoms with Crippen molar-refractivity contribution in [2.24, 2.45) is 16.5 Å². The molecule has 0 spiro atoms. The molecular weight excluding hydrogens is 532 g/mol. The number of nitrogens with one attached hydrogen (secondary N) is 1. The van der Waals surface area contributed by atoms with Gasteiger partial charge in [0.15, 0.2) is 6.29 Å². The summed E-state index contributed by atoms with van der Waals surface area (Å²) in [4.78, 5) is 33.9. The molecule has 1 atom stereocenters. The molecular formula is C32H42N6O4. The van der Waals surface area contributed by atoms with Gasteiger partial charge in [-0.3, -0.25) is 9.59 Å². The number of aryl methyl sites for hydroxylation is 2. The maximum absolute atomic E-state index is 13.1. The average molecular weight is 575 g/mol. The number of nitrogens with zero attached hydrogens (tertiary/aromatic N) is 3. The zero-order chi connectivity index (χ0) is 30.1. The summed E-state index contributed by atoms with van der Waals surface area (Å²) in [6.45, 7) is 8.68. The number of hydrogen-bond acceptors (Lipinski definition) is 8. The summed E-state index contributed by atoms with van der Waals surface area (Å²) in [6.07, 6.45) is 5.92. The van der Waals surface area contributed by atoms with Crippen LogP contribution in [0.1, 0.15) is 46.3 Å². The van der Waals surface area contributed by atoms with Crippen LogP contribution in [0.25, 0.3) is 0 Å². The molecule has 42 heavy (non-hydrogen) atoms. The van der Waals surface area contributed by atoms with Gasteiger partial charge in [0.1, 0.15) is 24.3 Å². The second kappa shape index (κ2) is 14.7. The first-order valence-electron chi connectivity index (χ1n) is 14.5. The Morgan fingerprint density at radius 1 is 1.17 bits per heavy atom. The van der Waals surface area contributed by atoms with Crippen LogP contribution in [0.4, 0.5) is 5.69 Å². The third kappa shape index (κ3) is 7.98. The molecule has 224 valence electrons. The zero-order valence-electron chi connectivity index (χ0n) is 24.5. The van der Waals surface area contributed by atoms with Gasteiger partial charge in [-0.15, -0.1) is 0 Å². The molecule has 0 unspecified atom stereocenters. The lowest BCUT2D eigenvalue weighted by molar-refractivity contribution is -0.104. The number of nitrogens with two attached hydrogens (primary N) is 2. The number of ether oxygens (including phenoxy) is 1. The van der Waals surface area contributed by atoms with Crippen LogP contribution in [0, 0.1) is 13.8 Å². The number of aliphatic hydroxyl groups is 1. The van der Waals surface area contributed by atoms with E-state index in [1.165, 1.54) is 25.1 Å². The first-order valence-corrected chi connectivity index (χ1v) is 14.5. The summed E-state index contributed by atoms with van der Waals surface area (Å²) in [7, 11) is 0. The summed E-state index contributed by atoms with van der Waals surface area (Å²) in [5.74, 6) is 0.637. The third-order valence-electron chi connectivity index (χ3n) is 7.56. The molecule has 2 aromatic rings. The van der Waals surface area contributed by atoms with Crippen molar-refractivity contribution in [3.63, 3.8) is 0 Å². The monoisotopic (exact) mass is 574 g/mol. The molecule has 4 rings (SSSR count). The Morgan fingerprint density at radius 2 is 1.95 bits per heavy atom. The number of rotatable bonds is 14. The van der Waals surface area contributed by atoms with Gasteiger partial charge in [0, 0.05) is 30.9 Å². The van der Waals surface area contributed by atoms with E-state index in [2.05, 4.69) is 15.2 Å². The number of allylic oxidation sites excluding steroid dienone is 1. The number of amides is 1. The smallest absolute Gasteiger partial charge is 0.254 e. The number of amidine groups is 1. The molecule has 2 heterocycles. The highest BCUT2D eigenvalue weighted by molar-refractivity contribution is 6.14. The van der Waals surface area contributed by atoms with E-state index in [1.807, 2.05) is 43.0 Å². The molecule has 0 bridgehead atoms. The summed E-state index contributed by atoms with van der Waals surface area (Å²) >= 11 is 0. The van der Waals surface area contributed by atoms with Crippen molar-refractivity contribution < 1.29 is 19.4 Å². The van der Waals surface area contributed by atoms with Crippen molar-refractivity contribution >= 4 is 23.7 Å². The maximum atomic E-state index is 13.1. The maximum Gasteiger partial charge on any atom is 0.254 e. The lowest BCUT2D eigenvalue weighted by atomic mass is 10.1. The van der Waals surface area contributed by atoms with Gasteiger partial charge in [-0.05, 0) is 94.3 Å². The molecule has 0 saturated carbocycles. The minimum atomic E-state index is -0.876. The van der Waals surface area contributed by atoms with Crippen molar-refractivity contribution in [3.8, 4) is 5.75 Å². The molecule has 0 radical (unpaired) electrons. The standard InChI is InChI=1S/C32H42N6O4/c1-22-6-9-30(23(2)16-22)42-21-26(40)18-35-29(10-11-33)28(20-39)31(34)36-25-8-7-24-19-38(32(41)27(24)17-25)15-5-14-37-12-3-4-13-37/h6-11,16-17,20,26,35,40H,3-5,12-15,18-19,21,33H2,1-2H3,(H2,34,36)/b11-10-,29-28-/t26-/m1/s1. The lowest BCUT2D eigenvalue weighted by Gasteiger charge is -2.19. The van der Waals surface area contributed by atoms with E-state index in [9.17, 15) is 14.7 Å². The van der Waals surface area contributed by atoms with Crippen LogP contribution in [0.15, 0.2) is 64.9 Å². The molecule has 2 aliphatic heterocycles. The second-order valence-electron chi connectivity index (χ2n) is 10.9. The molecule has 0 aromatic heterocycles. The van der Waals surface area contributed by atoms with Gasteiger partial charge >= 0.3 is 0 Å². The first kappa shape index (κ1) is 30.8. The number of hydrogen-bond donors (Lipinski definition) is 4. The van der Waals surface area contributed by atoms with Crippen LogP contribution in [-0.4, -0.2) is 78.4 Å². The van der Waals surface area contributed by atoms with Crippen LogP contribution in [0.5, 0.6) is 5.75 Å². The molecule has 0 aliphatic carbocycles. The van der Waals surface area contributed by atoms with Crippen molar-refractivity contribution in [3.05, 3.63) is 82.2 Å². The number of likely N-dealkylation sites (tertiary alicyclic amines) is 1. The summed E-state index contributed by atoms with van der Waals surface area (Å²) in [6, 6.07) is 11.2. The summed E-state index contributed by atoms with van der Waals surface area (Å²) in [5.41, 5.74) is 16.4. The topological polar surface area (TPSA) is 147 Å². The Labute approximate surface area is 247 Å². The van der Waals surface area contributed by atoms with E-state index in [4.69, 9.17) is 16.2 Å². The summed E-state index contributed by atoms with van der Waals surface area (Å²) < 4.78 is 5.76. The summed E-state index contributed by atoms with van der Waals surface area (Å²) in [5, 5.41) is 13.5. The van der Waals surface area contributed by atoms with E-state index < -0.39 is 6.10 Å². The minimum absolute atomic E-state index is 0.0151. The molecule has 10 nitrogen and oxygen atoms in total. The SMILES string of the molecule is Cc1ccc(OC[C@H](O)CNC(/C=C\N)=C(C=O)\C(N)=N\c2ccc3c(c2)C(=O)N(CCCN2CCCC2)C3)c(C)c1. The van der Waals surface area contributed by atoms with Crippen molar-refractivity contribution in [2.45, 2.75) is 45.8 Å². The van der Waals surface area contributed by atoms with E-state index in [0.29, 0.717) is 42.1 Å². The van der Waals surface area contributed by atoms with Gasteiger partial charge in [-0.1, -0.05) is 23.8 Å². The van der Waals surface area contributed by atoms with Crippen LogP contribution in [0.2, 0.25) is 0 Å². The average Bonchev–Trinajstić information content (AvgIpc) is 3.59. The van der Waals surface area contributed by atoms with Crippen LogP contribution in [-0.2, 0) is 11.3 Å². The minimum Gasteiger partial charge on any atom is -0.491 e. The molecule has 10 heteroatoms. The van der Waals surface area contributed by atoms with Gasteiger partial charge in [0.05, 0.1) is 11.3 Å². The molecule has 1 amide bonds. The quantitative estimate of drug-likeness (QED) is 0.0886. The zero-order valence-corrected chi connectivity index (χ0v) is 24.5. The van der Waals surface area contributed by atoms with E-state index in [-0.39, 0.29) is 30.5 Å². The number of aldehydes is 1. The molecule has 2 aromatic carbocycles. The Hall–Kier alpha value is -4.15. The number of carbonyl (C=O) groups excluding carboxylic acids is 2. The predicted octanol–water partition coefficient (Wildman–Crippen LogP) is 2.69. The number of benzene rings is 2. The van der Waals surface area contributed by atoms with Crippen molar-refractivity contribution in [1.82, 2.24) is 15.1 Å². The predicted molar refractivity (Wildman–Crippen MR) is 165 cm³/mol. The fraction of sp³-hybridized carbons (Fsp3) is 0.406. The molecule has 1 fully saturated rings. The number of carbonyl (C=O) groups is 2. The molecule has 2 aliphatic rings. The Morgan fingerprint density at radius 3 is 2.67 bits per heavy atom. The van der Waals surface area contributed by atoms with Gasteiger partial charge < -0.3 is 36.4 Å². The highest BCUT2D eigenvalue weighted by Gasteiger charge is 2.27. The Bertz CT molecular complexity index is 1360. The highest BCUT2D eigenvalue weighted by atomic mass is 16.5. The normalized spacial score (nSPS) is 17.0. The van der Waals surface area contributed by atoms with E-state index >= 15 is 0 Å². The number of fused-ring (bicyclic) bond motifs is 1. The molecule has 6 N–H and O–H groups in total. The lowest BCUT2D eigenvalue weighted by Crippen LogP contribution is -2.33. The van der Waals surface area contributed by atoms with Gasteiger partial charge in [-0.2, -0.15) is 0 Å². The largest absolute Gasteiger partial charge is 0.491 e. The van der Waals surface area contributed by atoms with Crippen LogP contribution < -0.4 is 21.5 Å². The fourth-order valence-electron chi connectivity index (χ4n) is 5.33. The van der Waals surface area contributed by atoms with E-state index in [0.717, 1.165) is 42.7 Å². The van der Waals surface area contributed by atoms with Crippen LogP contribution in [0.3, 0.4) is 0 Å². The van der Waals surface area contributed by atoms with Gasteiger partial charge in [-0.25, -0.2) is 4.99 Å². The first-order chi connectivity index (χ1) is 20.3. The Balaban J connectivity index is 1.39. The van der Waals surface area contributed by atoms with Crippen molar-refractivity contribution in [2.75, 3.05) is 39.3 Å².